The van der Waals surface area contributed by atoms with E-state index in [1.807, 2.05) is 24.3 Å². The van der Waals surface area contributed by atoms with Crippen LogP contribution in [0.3, 0.4) is 0 Å². The summed E-state index contributed by atoms with van der Waals surface area (Å²) in [6, 6.07) is 12.2. The molecule has 0 aliphatic heterocycles. The molecule has 5 heteroatoms. The smallest absolute Gasteiger partial charge is 0.208 e. The minimum absolute atomic E-state index is 0. The molecule has 0 bridgehead atoms. The van der Waals surface area contributed by atoms with Crippen LogP contribution in [0.1, 0.15) is 0 Å². The molecule has 0 atom stereocenters. The van der Waals surface area contributed by atoms with Gasteiger partial charge in [0.15, 0.2) is 0 Å². The molecule has 0 fully saturated rings. The second-order valence-corrected chi connectivity index (χ2v) is 4.83. The summed E-state index contributed by atoms with van der Waals surface area (Å²) in [5.74, 6) is 0.769. The van der Waals surface area contributed by atoms with E-state index in [1.165, 1.54) is 0 Å². The van der Waals surface area contributed by atoms with Crippen molar-refractivity contribution in [3.63, 3.8) is 0 Å². The Morgan fingerprint density at radius 3 is 2.65 bits per heavy atom. The van der Waals surface area contributed by atoms with Crippen molar-refractivity contribution in [3.8, 4) is 17.0 Å². The zero-order valence-electron chi connectivity index (χ0n) is 11.1. The van der Waals surface area contributed by atoms with Gasteiger partial charge in [-0.25, -0.2) is 0 Å². The van der Waals surface area contributed by atoms with Gasteiger partial charge in [0.1, 0.15) is 12.4 Å². The third kappa shape index (κ3) is 3.90. The summed E-state index contributed by atoms with van der Waals surface area (Å²) in [5.41, 5.74) is 1.57. The van der Waals surface area contributed by atoms with Gasteiger partial charge in [-0.2, -0.15) is 12.1 Å². The molecule has 0 saturated heterocycles. The van der Waals surface area contributed by atoms with Crippen molar-refractivity contribution >= 4 is 15.9 Å². The summed E-state index contributed by atoms with van der Waals surface area (Å²) in [6.07, 6.45) is 1.69. The molecule has 1 aromatic carbocycles. The van der Waals surface area contributed by atoms with E-state index in [9.17, 15) is 4.79 Å². The van der Waals surface area contributed by atoms with Crippen molar-refractivity contribution in [2.45, 2.75) is 0 Å². The number of nitrogens with zero attached hydrogens (tertiary/aromatic N) is 1. The van der Waals surface area contributed by atoms with Crippen LogP contribution in [0.25, 0.3) is 11.3 Å². The molecule has 0 N–H and O–H groups in total. The van der Waals surface area contributed by atoms with Crippen molar-refractivity contribution < 1.29 is 37.4 Å². The summed E-state index contributed by atoms with van der Waals surface area (Å²) >= 11 is 3.20. The summed E-state index contributed by atoms with van der Waals surface area (Å²) in [6.45, 7) is 4.07. The molecule has 3 nitrogen and oxygen atoms in total. The third-order valence-corrected chi connectivity index (χ3v) is 3.24. The first kappa shape index (κ1) is 17.3. The van der Waals surface area contributed by atoms with Gasteiger partial charge in [-0.05, 0) is 16.6 Å². The number of hydrogen-bond acceptors (Lipinski definition) is 2. The SMILES string of the molecule is C=CCOc1ccc(-c2[c-]cc(Br)c(=O)n2C)cc1.[Y]. The van der Waals surface area contributed by atoms with Gasteiger partial charge < -0.3 is 9.30 Å². The van der Waals surface area contributed by atoms with Crippen LogP contribution < -0.4 is 10.3 Å². The van der Waals surface area contributed by atoms with Crippen molar-refractivity contribution in [3.05, 3.63) is 63.9 Å². The van der Waals surface area contributed by atoms with Gasteiger partial charge >= 0.3 is 0 Å². The quantitative estimate of drug-likeness (QED) is 0.575. The van der Waals surface area contributed by atoms with Crippen LogP contribution in [-0.4, -0.2) is 11.2 Å². The maximum absolute atomic E-state index is 11.8. The molecular formula is C15H13BrNO2Y-. The van der Waals surface area contributed by atoms with Crippen LogP contribution in [-0.2, 0) is 39.8 Å². The van der Waals surface area contributed by atoms with E-state index in [0.29, 0.717) is 11.1 Å². The van der Waals surface area contributed by atoms with E-state index in [2.05, 4.69) is 28.6 Å². The molecule has 2 aromatic rings. The first-order valence-electron chi connectivity index (χ1n) is 5.75. The zero-order valence-corrected chi connectivity index (χ0v) is 15.5. The van der Waals surface area contributed by atoms with Crippen molar-refractivity contribution in [2.75, 3.05) is 6.61 Å². The normalized spacial score (nSPS) is 9.70. The van der Waals surface area contributed by atoms with Crippen LogP contribution in [0.15, 0.2) is 52.3 Å². The Morgan fingerprint density at radius 1 is 1.40 bits per heavy atom. The van der Waals surface area contributed by atoms with E-state index in [0.717, 1.165) is 17.0 Å². The van der Waals surface area contributed by atoms with Crippen LogP contribution in [0, 0.1) is 6.07 Å². The van der Waals surface area contributed by atoms with Crippen LogP contribution in [0.5, 0.6) is 5.75 Å². The van der Waals surface area contributed by atoms with E-state index < -0.39 is 0 Å². The summed E-state index contributed by atoms with van der Waals surface area (Å²) in [5, 5.41) is 0. The number of halogens is 1. The fourth-order valence-corrected chi connectivity index (χ4v) is 2.07. The summed E-state index contributed by atoms with van der Waals surface area (Å²) < 4.78 is 7.48. The molecule has 101 valence electrons. The van der Waals surface area contributed by atoms with Gasteiger partial charge in [0.2, 0.25) is 5.56 Å². The third-order valence-electron chi connectivity index (χ3n) is 2.68. The Hall–Kier alpha value is -0.706. The van der Waals surface area contributed by atoms with E-state index in [1.54, 1.807) is 23.8 Å². The number of benzene rings is 1. The minimum Gasteiger partial charge on any atom is -0.490 e. The number of pyridine rings is 1. The fourth-order valence-electron chi connectivity index (χ4n) is 1.69. The van der Waals surface area contributed by atoms with Crippen molar-refractivity contribution in [1.29, 1.82) is 0 Å². The Balaban J connectivity index is 0.00000200. The number of rotatable bonds is 4. The molecule has 2 rings (SSSR count). The van der Waals surface area contributed by atoms with E-state index >= 15 is 0 Å². The number of hydrogen-bond donors (Lipinski definition) is 0. The fraction of sp³-hybridized carbons (Fsp3) is 0.133. The van der Waals surface area contributed by atoms with E-state index in [-0.39, 0.29) is 38.3 Å². The van der Waals surface area contributed by atoms with Gasteiger partial charge in [0.05, 0.1) is 0 Å². The second kappa shape index (κ2) is 7.91. The van der Waals surface area contributed by atoms with Crippen LogP contribution in [0.4, 0.5) is 0 Å². The molecule has 0 aliphatic rings. The maximum atomic E-state index is 11.8. The van der Waals surface area contributed by atoms with Gasteiger partial charge in [-0.3, -0.25) is 4.79 Å². The first-order valence-corrected chi connectivity index (χ1v) is 6.54. The first-order chi connectivity index (χ1) is 9.13. The predicted octanol–water partition coefficient (Wildman–Crippen LogP) is 3.18. The van der Waals surface area contributed by atoms with Crippen molar-refractivity contribution in [2.24, 2.45) is 7.05 Å². The Kier molecular flexibility index (Phi) is 6.86. The van der Waals surface area contributed by atoms with Gasteiger partial charge in [-0.15, -0.1) is 28.1 Å². The summed E-state index contributed by atoms with van der Waals surface area (Å²) in [4.78, 5) is 11.8. The molecule has 0 saturated carbocycles. The number of aromatic nitrogens is 1. The maximum Gasteiger partial charge on any atom is 0.208 e. The Morgan fingerprint density at radius 2 is 2.05 bits per heavy atom. The van der Waals surface area contributed by atoms with Crippen LogP contribution in [0.2, 0.25) is 0 Å². The van der Waals surface area contributed by atoms with E-state index in [4.69, 9.17) is 4.74 Å². The van der Waals surface area contributed by atoms with Gasteiger partial charge in [0.25, 0.3) is 0 Å². The average Bonchev–Trinajstić information content (AvgIpc) is 2.44. The molecule has 0 aliphatic carbocycles. The van der Waals surface area contributed by atoms with Gasteiger partial charge in [0, 0.05) is 39.8 Å². The topological polar surface area (TPSA) is 31.2 Å². The van der Waals surface area contributed by atoms with Crippen molar-refractivity contribution in [1.82, 2.24) is 4.57 Å². The monoisotopic (exact) mass is 407 g/mol. The Labute approximate surface area is 151 Å². The Bertz CT molecular complexity index is 650. The molecule has 0 amide bonds. The molecule has 1 radical (unpaired) electrons. The largest absolute Gasteiger partial charge is 0.490 e. The minimum atomic E-state index is -0.0827. The molecule has 1 aromatic heterocycles. The number of ether oxygens (including phenoxy) is 1. The van der Waals surface area contributed by atoms with Crippen LogP contribution >= 0.6 is 15.9 Å². The molecule has 0 spiro atoms. The predicted molar refractivity (Wildman–Crippen MR) is 79.3 cm³/mol. The summed E-state index contributed by atoms with van der Waals surface area (Å²) in [7, 11) is 1.72. The van der Waals surface area contributed by atoms with Gasteiger partial charge in [-0.1, -0.05) is 23.9 Å². The molecule has 0 unspecified atom stereocenters. The average molecular weight is 408 g/mol. The molecule has 20 heavy (non-hydrogen) atoms. The molecular weight excluding hydrogens is 395 g/mol. The molecule has 1 heterocycles. The standard InChI is InChI=1S/C15H13BrNO2.Y/c1-3-10-19-12-6-4-11(5-7-12)14-9-8-13(16)15(18)17(14)2;/h3-8H,1,10H2,2H3;/q-1;. The second-order valence-electron chi connectivity index (χ2n) is 3.97. The zero-order chi connectivity index (χ0) is 13.8.